The Morgan fingerprint density at radius 2 is 1.84 bits per heavy atom. The lowest BCUT2D eigenvalue weighted by molar-refractivity contribution is 0.359. The van der Waals surface area contributed by atoms with Crippen LogP contribution in [0.1, 0.15) is 44.1 Å². The van der Waals surface area contributed by atoms with E-state index in [1.807, 2.05) is 11.8 Å². The van der Waals surface area contributed by atoms with E-state index in [2.05, 4.69) is 43.6 Å². The van der Waals surface area contributed by atoms with E-state index in [1.54, 1.807) is 0 Å². The molecule has 1 nitrogen and oxygen atoms in total. The summed E-state index contributed by atoms with van der Waals surface area (Å²) in [5.74, 6) is 2.08. The largest absolute Gasteiger partial charge is 0.316 e. The van der Waals surface area contributed by atoms with Gasteiger partial charge >= 0.3 is 0 Å². The molecule has 1 aliphatic carbocycles. The summed E-state index contributed by atoms with van der Waals surface area (Å²) >= 11 is 2.02. The van der Waals surface area contributed by atoms with E-state index < -0.39 is 0 Å². The fourth-order valence-electron chi connectivity index (χ4n) is 3.07. The van der Waals surface area contributed by atoms with Crippen molar-refractivity contribution in [3.8, 4) is 0 Å². The van der Waals surface area contributed by atoms with Gasteiger partial charge in [-0.15, -0.1) is 11.8 Å². The monoisotopic (exact) mass is 277 g/mol. The molecule has 0 aromatic heterocycles. The van der Waals surface area contributed by atoms with Crippen LogP contribution in [0.5, 0.6) is 0 Å². The maximum atomic E-state index is 3.57. The van der Waals surface area contributed by atoms with Gasteiger partial charge in [-0.1, -0.05) is 43.9 Å². The second-order valence-corrected chi connectivity index (χ2v) is 6.79. The summed E-state index contributed by atoms with van der Waals surface area (Å²) in [6.07, 6.45) is 8.57. The molecule has 0 spiro atoms. The molecule has 1 saturated carbocycles. The van der Waals surface area contributed by atoms with Gasteiger partial charge in [0.25, 0.3) is 0 Å². The van der Waals surface area contributed by atoms with Crippen LogP contribution in [0, 0.1) is 12.8 Å². The van der Waals surface area contributed by atoms with Crippen molar-refractivity contribution in [3.05, 3.63) is 29.8 Å². The summed E-state index contributed by atoms with van der Waals surface area (Å²) in [5.41, 5.74) is 1.41. The van der Waals surface area contributed by atoms with Gasteiger partial charge in [-0.25, -0.2) is 0 Å². The number of aryl methyl sites for hydroxylation is 1. The number of hydrogen-bond donors (Lipinski definition) is 1. The quantitative estimate of drug-likeness (QED) is 0.621. The lowest BCUT2D eigenvalue weighted by Gasteiger charge is -2.25. The van der Waals surface area contributed by atoms with Crippen LogP contribution in [-0.2, 0) is 0 Å². The Bertz CT molecular complexity index is 369. The van der Waals surface area contributed by atoms with Crippen molar-refractivity contribution in [1.82, 2.24) is 5.32 Å². The third-order valence-corrected chi connectivity index (χ3v) is 5.65. The minimum Gasteiger partial charge on any atom is -0.316 e. The first-order valence-electron chi connectivity index (χ1n) is 7.67. The summed E-state index contributed by atoms with van der Waals surface area (Å²) in [6.45, 7) is 2.21. The summed E-state index contributed by atoms with van der Waals surface area (Å²) in [5, 5.41) is 3.57. The highest BCUT2D eigenvalue weighted by atomic mass is 32.2. The van der Waals surface area contributed by atoms with Gasteiger partial charge in [0.1, 0.15) is 0 Å². The van der Waals surface area contributed by atoms with E-state index >= 15 is 0 Å². The minimum atomic E-state index is 0.669. The fourth-order valence-corrected chi connectivity index (χ4v) is 4.33. The summed E-state index contributed by atoms with van der Waals surface area (Å²) in [4.78, 5) is 1.44. The molecule has 0 bridgehead atoms. The number of thioether (sulfide) groups is 1. The van der Waals surface area contributed by atoms with Crippen molar-refractivity contribution in [2.24, 2.45) is 5.92 Å². The molecule has 2 heteroatoms. The van der Waals surface area contributed by atoms with Crippen LogP contribution >= 0.6 is 11.8 Å². The molecule has 1 aromatic carbocycles. The molecule has 0 aliphatic heterocycles. The third-order valence-electron chi connectivity index (χ3n) is 4.35. The average molecular weight is 277 g/mol. The van der Waals surface area contributed by atoms with Crippen molar-refractivity contribution >= 4 is 11.8 Å². The van der Waals surface area contributed by atoms with E-state index in [0.29, 0.717) is 6.04 Å². The lowest BCUT2D eigenvalue weighted by Crippen LogP contribution is -2.35. The highest BCUT2D eigenvalue weighted by molar-refractivity contribution is 7.99. The van der Waals surface area contributed by atoms with E-state index in [4.69, 9.17) is 0 Å². The van der Waals surface area contributed by atoms with Gasteiger partial charge in [0.2, 0.25) is 0 Å². The Morgan fingerprint density at radius 1 is 1.16 bits per heavy atom. The number of hydrogen-bond acceptors (Lipinski definition) is 2. The summed E-state index contributed by atoms with van der Waals surface area (Å²) < 4.78 is 0. The Hall–Kier alpha value is -0.470. The molecule has 0 amide bonds. The van der Waals surface area contributed by atoms with Crippen molar-refractivity contribution in [1.29, 1.82) is 0 Å². The van der Waals surface area contributed by atoms with Gasteiger partial charge < -0.3 is 5.32 Å². The molecule has 1 atom stereocenters. The zero-order valence-electron chi connectivity index (χ0n) is 12.3. The Kier molecular flexibility index (Phi) is 6.25. The zero-order valence-corrected chi connectivity index (χ0v) is 13.1. The molecule has 0 heterocycles. The van der Waals surface area contributed by atoms with Gasteiger partial charge in [0.05, 0.1) is 0 Å². The highest BCUT2D eigenvalue weighted by Crippen LogP contribution is 2.29. The van der Waals surface area contributed by atoms with Crippen LogP contribution in [0.15, 0.2) is 29.2 Å². The molecule has 1 N–H and O–H groups in total. The van der Waals surface area contributed by atoms with Gasteiger partial charge in [0, 0.05) is 16.7 Å². The lowest BCUT2D eigenvalue weighted by atomic mass is 9.93. The number of nitrogens with one attached hydrogen (secondary N) is 1. The predicted octanol–water partition coefficient (Wildman–Crippen LogP) is 4.65. The SMILES string of the molecule is CNC(CSc1ccccc1C)C1CCCCCC1. The molecule has 0 radical (unpaired) electrons. The van der Waals surface area contributed by atoms with Gasteiger partial charge in [-0.3, -0.25) is 0 Å². The molecule has 1 aromatic rings. The molecule has 0 saturated heterocycles. The van der Waals surface area contributed by atoms with E-state index in [9.17, 15) is 0 Å². The third kappa shape index (κ3) is 4.54. The first-order chi connectivity index (χ1) is 9.31. The predicted molar refractivity (Wildman–Crippen MR) is 85.9 cm³/mol. The number of rotatable bonds is 5. The Labute approximate surface area is 122 Å². The van der Waals surface area contributed by atoms with Gasteiger partial charge in [0.15, 0.2) is 0 Å². The van der Waals surface area contributed by atoms with Crippen LogP contribution in [0.25, 0.3) is 0 Å². The van der Waals surface area contributed by atoms with Crippen LogP contribution in [0.4, 0.5) is 0 Å². The molecule has 106 valence electrons. The average Bonchev–Trinajstić information content (AvgIpc) is 2.71. The molecular weight excluding hydrogens is 250 g/mol. The Balaban J connectivity index is 1.90. The second-order valence-electron chi connectivity index (χ2n) is 5.72. The van der Waals surface area contributed by atoms with Crippen molar-refractivity contribution in [2.75, 3.05) is 12.8 Å². The molecule has 1 unspecified atom stereocenters. The van der Waals surface area contributed by atoms with Gasteiger partial charge in [-0.05, 0) is 44.4 Å². The zero-order chi connectivity index (χ0) is 13.5. The van der Waals surface area contributed by atoms with E-state index in [-0.39, 0.29) is 0 Å². The highest BCUT2D eigenvalue weighted by Gasteiger charge is 2.21. The van der Waals surface area contributed by atoms with Crippen LogP contribution < -0.4 is 5.32 Å². The minimum absolute atomic E-state index is 0.669. The molecular formula is C17H27NS. The van der Waals surface area contributed by atoms with E-state index in [0.717, 1.165) is 5.92 Å². The first kappa shape index (κ1) is 14.9. The summed E-state index contributed by atoms with van der Waals surface area (Å²) in [7, 11) is 2.13. The van der Waals surface area contributed by atoms with E-state index in [1.165, 1.54) is 54.7 Å². The number of benzene rings is 1. The summed E-state index contributed by atoms with van der Waals surface area (Å²) in [6, 6.07) is 9.40. The molecule has 1 fully saturated rings. The Morgan fingerprint density at radius 3 is 2.47 bits per heavy atom. The van der Waals surface area contributed by atoms with Gasteiger partial charge in [-0.2, -0.15) is 0 Å². The normalized spacial score (nSPS) is 19.1. The van der Waals surface area contributed by atoms with Crippen LogP contribution in [0.3, 0.4) is 0 Å². The molecule has 19 heavy (non-hydrogen) atoms. The molecule has 2 rings (SSSR count). The standard InChI is InChI=1S/C17H27NS/c1-14-9-7-8-12-17(14)19-13-16(18-2)15-10-5-3-4-6-11-15/h7-9,12,15-16,18H,3-6,10-11,13H2,1-2H3. The fraction of sp³-hybridized carbons (Fsp3) is 0.647. The van der Waals surface area contributed by atoms with Crippen molar-refractivity contribution in [2.45, 2.75) is 56.4 Å². The van der Waals surface area contributed by atoms with Crippen molar-refractivity contribution < 1.29 is 0 Å². The maximum absolute atomic E-state index is 3.57. The smallest absolute Gasteiger partial charge is 0.0186 e. The second kappa shape index (κ2) is 7.96. The molecule has 1 aliphatic rings. The topological polar surface area (TPSA) is 12.0 Å². The van der Waals surface area contributed by atoms with Crippen LogP contribution in [0.2, 0.25) is 0 Å². The van der Waals surface area contributed by atoms with Crippen LogP contribution in [-0.4, -0.2) is 18.8 Å². The maximum Gasteiger partial charge on any atom is 0.0186 e. The van der Waals surface area contributed by atoms with Crippen molar-refractivity contribution in [3.63, 3.8) is 0 Å². The first-order valence-corrected chi connectivity index (χ1v) is 8.65.